The number of nitrogens with zero attached hydrogens (tertiary/aromatic N) is 5. The number of rotatable bonds is 4. The summed E-state index contributed by atoms with van der Waals surface area (Å²) in [4.78, 5) is 24.1. The maximum atomic E-state index is 11.2. The zero-order valence-electron chi connectivity index (χ0n) is 10.9. The lowest BCUT2D eigenvalue weighted by Crippen LogP contribution is -2.20. The average Bonchev–Trinajstić information content (AvgIpc) is 2.38. The number of aromatic nitrogens is 3. The molecule has 2 aromatic heterocycles. The van der Waals surface area contributed by atoms with E-state index >= 15 is 0 Å². The quantitative estimate of drug-likeness (QED) is 0.489. The summed E-state index contributed by atoms with van der Waals surface area (Å²) in [5, 5.41) is 11.1. The first-order valence-electron chi connectivity index (χ1n) is 5.77. The first-order valence-corrected chi connectivity index (χ1v) is 6.15. The number of nitro groups is 1. The topological polar surface area (TPSA) is 85.0 Å². The lowest BCUT2D eigenvalue weighted by molar-refractivity contribution is -0.385. The zero-order chi connectivity index (χ0) is 14.7. The highest BCUT2D eigenvalue weighted by Gasteiger charge is 2.24. The van der Waals surface area contributed by atoms with E-state index in [4.69, 9.17) is 11.6 Å². The molecule has 0 saturated heterocycles. The summed E-state index contributed by atoms with van der Waals surface area (Å²) in [6.45, 7) is 1.97. The van der Waals surface area contributed by atoms with E-state index in [1.165, 1.54) is 6.92 Å². The second kappa shape index (κ2) is 5.79. The van der Waals surface area contributed by atoms with Gasteiger partial charge in [0.1, 0.15) is 5.69 Å². The molecule has 7 nitrogen and oxygen atoms in total. The second-order valence-electron chi connectivity index (χ2n) is 4.22. The van der Waals surface area contributed by atoms with Crippen molar-refractivity contribution >= 4 is 23.1 Å². The standard InChI is InChI=1S/C12H12ClN5O2/c1-8-10(18(19)20)11(16-12(13)15-8)17(2)7-9-4-3-5-14-6-9/h3-6H,7H2,1-2H3. The van der Waals surface area contributed by atoms with Crippen molar-refractivity contribution in [1.82, 2.24) is 15.0 Å². The van der Waals surface area contributed by atoms with Crippen LogP contribution in [0, 0.1) is 17.0 Å². The monoisotopic (exact) mass is 293 g/mol. The number of hydrogen-bond acceptors (Lipinski definition) is 6. The van der Waals surface area contributed by atoms with E-state index in [1.807, 2.05) is 6.07 Å². The summed E-state index contributed by atoms with van der Waals surface area (Å²) in [5.41, 5.74) is 1.01. The average molecular weight is 294 g/mol. The molecular weight excluding hydrogens is 282 g/mol. The summed E-state index contributed by atoms with van der Waals surface area (Å²) in [7, 11) is 1.71. The van der Waals surface area contributed by atoms with Gasteiger partial charge in [-0.15, -0.1) is 0 Å². The van der Waals surface area contributed by atoms with Crippen LogP contribution in [0.5, 0.6) is 0 Å². The van der Waals surface area contributed by atoms with Gasteiger partial charge in [-0.3, -0.25) is 15.1 Å². The van der Waals surface area contributed by atoms with Gasteiger partial charge in [0.25, 0.3) is 0 Å². The number of anilines is 1. The molecule has 0 aromatic carbocycles. The predicted molar refractivity (Wildman–Crippen MR) is 74.8 cm³/mol. The van der Waals surface area contributed by atoms with Crippen LogP contribution in [0.3, 0.4) is 0 Å². The first kappa shape index (κ1) is 14.1. The molecule has 0 radical (unpaired) electrons. The van der Waals surface area contributed by atoms with Crippen molar-refractivity contribution in [3.8, 4) is 0 Å². The minimum atomic E-state index is -0.499. The van der Waals surface area contributed by atoms with Crippen LogP contribution < -0.4 is 4.90 Å². The van der Waals surface area contributed by atoms with Crippen molar-refractivity contribution in [2.75, 3.05) is 11.9 Å². The highest BCUT2D eigenvalue weighted by Crippen LogP contribution is 2.29. The minimum absolute atomic E-state index is 0.0128. The lowest BCUT2D eigenvalue weighted by Gasteiger charge is -2.18. The molecule has 0 amide bonds. The fourth-order valence-electron chi connectivity index (χ4n) is 1.84. The van der Waals surface area contributed by atoms with E-state index in [2.05, 4.69) is 15.0 Å². The molecule has 0 spiro atoms. The van der Waals surface area contributed by atoms with E-state index in [-0.39, 0.29) is 22.5 Å². The Bertz CT molecular complexity index is 635. The van der Waals surface area contributed by atoms with Crippen molar-refractivity contribution in [2.24, 2.45) is 0 Å². The maximum absolute atomic E-state index is 11.2. The maximum Gasteiger partial charge on any atom is 0.332 e. The van der Waals surface area contributed by atoms with Gasteiger partial charge in [0.15, 0.2) is 0 Å². The van der Waals surface area contributed by atoms with Gasteiger partial charge in [-0.1, -0.05) is 6.07 Å². The van der Waals surface area contributed by atoms with Gasteiger partial charge >= 0.3 is 5.69 Å². The first-order chi connectivity index (χ1) is 9.49. The van der Waals surface area contributed by atoms with Crippen LogP contribution in [-0.4, -0.2) is 26.9 Å². The lowest BCUT2D eigenvalue weighted by atomic mass is 10.2. The highest BCUT2D eigenvalue weighted by molar-refractivity contribution is 6.28. The molecule has 0 saturated carbocycles. The van der Waals surface area contributed by atoms with Crippen molar-refractivity contribution in [2.45, 2.75) is 13.5 Å². The van der Waals surface area contributed by atoms with E-state index in [0.717, 1.165) is 5.56 Å². The summed E-state index contributed by atoms with van der Waals surface area (Å²) in [5.74, 6) is 0.191. The fourth-order valence-corrected chi connectivity index (χ4v) is 2.05. The molecule has 104 valence electrons. The van der Waals surface area contributed by atoms with Crippen LogP contribution in [0.15, 0.2) is 24.5 Å². The summed E-state index contributed by atoms with van der Waals surface area (Å²) >= 11 is 5.79. The third-order valence-electron chi connectivity index (χ3n) is 2.70. The normalized spacial score (nSPS) is 10.3. The molecule has 0 atom stereocenters. The summed E-state index contributed by atoms with van der Waals surface area (Å²) < 4.78 is 0. The highest BCUT2D eigenvalue weighted by atomic mass is 35.5. The van der Waals surface area contributed by atoms with Gasteiger partial charge < -0.3 is 4.90 Å². The van der Waals surface area contributed by atoms with E-state index in [9.17, 15) is 10.1 Å². The minimum Gasteiger partial charge on any atom is -0.349 e. The molecule has 2 aromatic rings. The van der Waals surface area contributed by atoms with Gasteiger partial charge in [-0.05, 0) is 30.2 Å². The van der Waals surface area contributed by atoms with Crippen molar-refractivity contribution in [1.29, 1.82) is 0 Å². The molecule has 0 aliphatic carbocycles. The fraction of sp³-hybridized carbons (Fsp3) is 0.250. The Kier molecular flexibility index (Phi) is 4.09. The van der Waals surface area contributed by atoms with Crippen LogP contribution in [0.4, 0.5) is 11.5 Å². The number of hydrogen-bond donors (Lipinski definition) is 0. The van der Waals surface area contributed by atoms with E-state index in [1.54, 1.807) is 30.4 Å². The Hall–Kier alpha value is -2.28. The van der Waals surface area contributed by atoms with E-state index in [0.29, 0.717) is 6.54 Å². The molecule has 8 heteroatoms. The van der Waals surface area contributed by atoms with Crippen LogP contribution in [-0.2, 0) is 6.54 Å². The third kappa shape index (κ3) is 3.00. The number of halogens is 1. The van der Waals surface area contributed by atoms with Crippen LogP contribution >= 0.6 is 11.6 Å². The molecule has 0 bridgehead atoms. The number of aryl methyl sites for hydroxylation is 1. The second-order valence-corrected chi connectivity index (χ2v) is 4.56. The van der Waals surface area contributed by atoms with Gasteiger partial charge in [-0.2, -0.15) is 4.98 Å². The third-order valence-corrected chi connectivity index (χ3v) is 2.87. The van der Waals surface area contributed by atoms with Crippen molar-refractivity contribution in [3.05, 3.63) is 51.2 Å². The Morgan fingerprint density at radius 2 is 2.20 bits per heavy atom. The molecule has 2 rings (SSSR count). The molecule has 0 aliphatic heterocycles. The molecule has 2 heterocycles. The smallest absolute Gasteiger partial charge is 0.332 e. The molecule has 0 fully saturated rings. The van der Waals surface area contributed by atoms with Crippen molar-refractivity contribution < 1.29 is 4.92 Å². The zero-order valence-corrected chi connectivity index (χ0v) is 11.7. The molecule has 0 aliphatic rings. The largest absolute Gasteiger partial charge is 0.349 e. The summed E-state index contributed by atoms with van der Waals surface area (Å²) in [6, 6.07) is 3.68. The molecule has 20 heavy (non-hydrogen) atoms. The molecule has 0 unspecified atom stereocenters. The van der Waals surface area contributed by atoms with Crippen LogP contribution in [0.25, 0.3) is 0 Å². The molecular formula is C12H12ClN5O2. The Morgan fingerprint density at radius 1 is 1.45 bits per heavy atom. The molecule has 0 N–H and O–H groups in total. The van der Waals surface area contributed by atoms with Gasteiger partial charge in [0, 0.05) is 26.0 Å². The number of pyridine rings is 1. The Balaban J connectivity index is 2.38. The Labute approximate surface area is 120 Å². The Morgan fingerprint density at radius 3 is 2.80 bits per heavy atom. The summed E-state index contributed by atoms with van der Waals surface area (Å²) in [6.07, 6.45) is 3.36. The van der Waals surface area contributed by atoms with E-state index < -0.39 is 4.92 Å². The van der Waals surface area contributed by atoms with Gasteiger partial charge in [0.2, 0.25) is 11.1 Å². The van der Waals surface area contributed by atoms with Gasteiger partial charge in [0.05, 0.1) is 4.92 Å². The van der Waals surface area contributed by atoms with Crippen molar-refractivity contribution in [3.63, 3.8) is 0 Å². The SMILES string of the molecule is Cc1nc(Cl)nc(N(C)Cc2cccnc2)c1[N+](=O)[O-]. The van der Waals surface area contributed by atoms with Crippen LogP contribution in [0.1, 0.15) is 11.3 Å². The predicted octanol–water partition coefficient (Wildman–Crippen LogP) is 2.38. The van der Waals surface area contributed by atoms with Gasteiger partial charge in [-0.25, -0.2) is 4.98 Å². The van der Waals surface area contributed by atoms with Crippen LogP contribution in [0.2, 0.25) is 5.28 Å².